The minimum Gasteiger partial charge on any atom is -0.463 e. The summed E-state index contributed by atoms with van der Waals surface area (Å²) < 4.78 is 37.4. The van der Waals surface area contributed by atoms with E-state index in [9.17, 15) is 13.6 Å². The number of esters is 1. The minimum atomic E-state index is -0.994. The van der Waals surface area contributed by atoms with Crippen LogP contribution >= 0.6 is 12.2 Å². The Morgan fingerprint density at radius 3 is 2.65 bits per heavy atom. The number of methoxy groups -OCH3 is 1. The van der Waals surface area contributed by atoms with Crippen molar-refractivity contribution < 1.29 is 23.0 Å². The molecule has 0 amide bonds. The van der Waals surface area contributed by atoms with E-state index in [2.05, 4.69) is 5.32 Å². The molecule has 1 N–H and O–H groups in total. The summed E-state index contributed by atoms with van der Waals surface area (Å²) >= 11 is 5.44. The van der Waals surface area contributed by atoms with E-state index in [1.165, 1.54) is 6.07 Å². The Morgan fingerprint density at radius 1 is 1.38 bits per heavy atom. The van der Waals surface area contributed by atoms with Gasteiger partial charge in [-0.2, -0.15) is 0 Å². The van der Waals surface area contributed by atoms with Crippen molar-refractivity contribution in [1.82, 2.24) is 10.2 Å². The monoisotopic (exact) mass is 384 g/mol. The third-order valence-electron chi connectivity index (χ3n) is 4.15. The van der Waals surface area contributed by atoms with E-state index in [-0.39, 0.29) is 12.6 Å². The molecule has 0 bridgehead atoms. The van der Waals surface area contributed by atoms with Crippen molar-refractivity contribution >= 4 is 23.3 Å². The summed E-state index contributed by atoms with van der Waals surface area (Å²) in [5, 5.41) is 3.41. The summed E-state index contributed by atoms with van der Waals surface area (Å²) in [4.78, 5) is 14.4. The molecule has 0 saturated heterocycles. The van der Waals surface area contributed by atoms with Crippen molar-refractivity contribution in [3.8, 4) is 0 Å². The molecule has 26 heavy (non-hydrogen) atoms. The van der Waals surface area contributed by atoms with Crippen molar-refractivity contribution in [2.45, 2.75) is 32.9 Å². The second-order valence-corrected chi connectivity index (χ2v) is 6.34. The van der Waals surface area contributed by atoms with Crippen molar-refractivity contribution in [3.63, 3.8) is 0 Å². The van der Waals surface area contributed by atoms with Gasteiger partial charge in [-0.1, -0.05) is 6.07 Å². The normalized spacial score (nSPS) is 18.6. The molecule has 5 nitrogen and oxygen atoms in total. The third kappa shape index (κ3) is 4.02. The summed E-state index contributed by atoms with van der Waals surface area (Å²) in [5.74, 6) is -2.49. The number of thiocarbonyl (C=S) groups is 1. The molecule has 0 spiro atoms. The number of halogens is 2. The van der Waals surface area contributed by atoms with Gasteiger partial charge in [0.15, 0.2) is 16.7 Å². The van der Waals surface area contributed by atoms with E-state index >= 15 is 0 Å². The number of rotatable bonds is 6. The Bertz CT molecular complexity index is 739. The highest BCUT2D eigenvalue weighted by atomic mass is 32.1. The molecule has 0 aliphatic carbocycles. The fourth-order valence-corrected chi connectivity index (χ4v) is 3.45. The summed E-state index contributed by atoms with van der Waals surface area (Å²) in [6.07, 6.45) is 0. The first-order valence-corrected chi connectivity index (χ1v) is 8.64. The number of allylic oxidation sites excluding steroid dienone is 1. The Hall–Kier alpha value is -2.06. The number of benzene rings is 1. The number of hydrogen-bond donors (Lipinski definition) is 1. The Balaban J connectivity index is 2.55. The summed E-state index contributed by atoms with van der Waals surface area (Å²) in [6.45, 7) is 5.94. The molecule has 0 radical (unpaired) electrons. The zero-order valence-corrected chi connectivity index (χ0v) is 16.0. The van der Waals surface area contributed by atoms with Gasteiger partial charge in [-0.15, -0.1) is 0 Å². The fourth-order valence-electron chi connectivity index (χ4n) is 3.02. The van der Waals surface area contributed by atoms with Crippen molar-refractivity contribution in [1.29, 1.82) is 0 Å². The van der Waals surface area contributed by atoms with Gasteiger partial charge < -0.3 is 19.7 Å². The fraction of sp³-hybridized carbons (Fsp3) is 0.444. The highest BCUT2D eigenvalue weighted by Gasteiger charge is 2.36. The molecule has 1 heterocycles. The van der Waals surface area contributed by atoms with Crippen LogP contribution in [0, 0.1) is 11.6 Å². The molecule has 0 fully saturated rings. The van der Waals surface area contributed by atoms with E-state index < -0.39 is 23.6 Å². The molecule has 2 rings (SSSR count). The number of hydrogen-bond acceptors (Lipinski definition) is 4. The molecule has 1 aromatic carbocycles. The molecule has 1 aromatic rings. The molecule has 2 atom stereocenters. The lowest BCUT2D eigenvalue weighted by molar-refractivity contribution is -0.139. The maximum Gasteiger partial charge on any atom is 0.338 e. The molecule has 0 unspecified atom stereocenters. The van der Waals surface area contributed by atoms with Crippen LogP contribution in [0.15, 0.2) is 29.5 Å². The average Bonchev–Trinajstić information content (AvgIpc) is 2.57. The van der Waals surface area contributed by atoms with Crippen LogP contribution in [0.2, 0.25) is 0 Å². The minimum absolute atomic E-state index is 0.129. The molecule has 1 aliphatic rings. The maximum absolute atomic E-state index is 13.7. The summed E-state index contributed by atoms with van der Waals surface area (Å²) in [6, 6.07) is 2.63. The second kappa shape index (κ2) is 8.55. The highest BCUT2D eigenvalue weighted by molar-refractivity contribution is 7.80. The number of nitrogens with zero attached hydrogens (tertiary/aromatic N) is 1. The highest BCUT2D eigenvalue weighted by Crippen LogP contribution is 2.33. The first-order chi connectivity index (χ1) is 12.3. The van der Waals surface area contributed by atoms with Crippen LogP contribution in [-0.4, -0.2) is 42.3 Å². The quantitative estimate of drug-likeness (QED) is 0.601. The Kier molecular flexibility index (Phi) is 6.66. The van der Waals surface area contributed by atoms with Crippen LogP contribution in [0.5, 0.6) is 0 Å². The van der Waals surface area contributed by atoms with E-state index in [0.717, 1.165) is 12.1 Å². The van der Waals surface area contributed by atoms with Gasteiger partial charge in [0.1, 0.15) is 0 Å². The number of carbonyl (C=O) groups excluding carboxylic acids is 1. The van der Waals surface area contributed by atoms with Crippen LogP contribution in [0.25, 0.3) is 0 Å². The van der Waals surface area contributed by atoms with Crippen LogP contribution in [0.3, 0.4) is 0 Å². The lowest BCUT2D eigenvalue weighted by Crippen LogP contribution is -2.52. The Labute approximate surface area is 157 Å². The maximum atomic E-state index is 13.7. The zero-order valence-electron chi connectivity index (χ0n) is 15.1. The van der Waals surface area contributed by atoms with E-state index in [0.29, 0.717) is 28.6 Å². The van der Waals surface area contributed by atoms with Gasteiger partial charge in [0.2, 0.25) is 0 Å². The number of nitrogens with one attached hydrogen (secondary N) is 1. The van der Waals surface area contributed by atoms with Crippen LogP contribution in [0.4, 0.5) is 8.78 Å². The predicted molar refractivity (Wildman–Crippen MR) is 97.3 cm³/mol. The van der Waals surface area contributed by atoms with Gasteiger partial charge in [0.05, 0.1) is 30.9 Å². The number of carbonyl (C=O) groups is 1. The van der Waals surface area contributed by atoms with Crippen LogP contribution < -0.4 is 5.32 Å². The van der Waals surface area contributed by atoms with Gasteiger partial charge in [-0.05, 0) is 50.7 Å². The molecule has 0 aromatic heterocycles. The van der Waals surface area contributed by atoms with E-state index in [1.54, 1.807) is 25.9 Å². The van der Waals surface area contributed by atoms with Gasteiger partial charge in [0.25, 0.3) is 0 Å². The second-order valence-electron chi connectivity index (χ2n) is 5.95. The van der Waals surface area contributed by atoms with Crippen molar-refractivity contribution in [3.05, 3.63) is 46.7 Å². The van der Waals surface area contributed by atoms with Gasteiger partial charge in [-0.25, -0.2) is 13.6 Å². The topological polar surface area (TPSA) is 50.8 Å². The SMILES string of the molecule is CCOC(=O)C1=C(C)N([C@@H](C)COC)C(=S)N[C@H]1c1ccc(F)c(F)c1. The molecule has 8 heteroatoms. The third-order valence-corrected chi connectivity index (χ3v) is 4.46. The Morgan fingerprint density at radius 2 is 2.08 bits per heavy atom. The van der Waals surface area contributed by atoms with Gasteiger partial charge in [-0.3, -0.25) is 0 Å². The standard InChI is InChI=1S/C18H22F2N2O3S/c1-5-25-17(23)15-11(3)22(10(2)9-24-4)18(26)21-16(15)12-6-7-13(19)14(20)8-12/h6-8,10,16H,5,9H2,1-4H3,(H,21,26)/t10-,16-/m0/s1. The summed E-state index contributed by atoms with van der Waals surface area (Å²) in [7, 11) is 1.58. The van der Waals surface area contributed by atoms with Crippen LogP contribution in [0.1, 0.15) is 32.4 Å². The predicted octanol–water partition coefficient (Wildman–Crippen LogP) is 3.07. The zero-order chi connectivity index (χ0) is 19.4. The summed E-state index contributed by atoms with van der Waals surface area (Å²) in [5.41, 5.74) is 1.27. The lowest BCUT2D eigenvalue weighted by atomic mass is 9.94. The molecular weight excluding hydrogens is 362 g/mol. The first kappa shape index (κ1) is 20.3. The first-order valence-electron chi connectivity index (χ1n) is 8.23. The van der Waals surface area contributed by atoms with Gasteiger partial charge in [0, 0.05) is 12.8 Å². The number of ether oxygens (including phenoxy) is 2. The largest absolute Gasteiger partial charge is 0.463 e. The molecule has 0 saturated carbocycles. The van der Waals surface area contributed by atoms with Gasteiger partial charge >= 0.3 is 5.97 Å². The lowest BCUT2D eigenvalue weighted by Gasteiger charge is -2.40. The van der Waals surface area contributed by atoms with E-state index in [1.807, 2.05) is 6.92 Å². The smallest absolute Gasteiger partial charge is 0.338 e. The van der Waals surface area contributed by atoms with Crippen molar-refractivity contribution in [2.75, 3.05) is 20.3 Å². The molecule has 142 valence electrons. The van der Waals surface area contributed by atoms with Crippen LogP contribution in [-0.2, 0) is 14.3 Å². The molecule has 1 aliphatic heterocycles. The average molecular weight is 384 g/mol. The van der Waals surface area contributed by atoms with Crippen molar-refractivity contribution in [2.24, 2.45) is 0 Å². The molecular formula is C18H22F2N2O3S. The van der Waals surface area contributed by atoms with E-state index in [4.69, 9.17) is 21.7 Å².